The largest absolute Gasteiger partial charge is 0.494 e. The van der Waals surface area contributed by atoms with Gasteiger partial charge in [0.25, 0.3) is 0 Å². The van der Waals surface area contributed by atoms with E-state index < -0.39 is 0 Å². The molecule has 0 aromatic heterocycles. The molecule has 0 bridgehead atoms. The Labute approximate surface area is 159 Å². The molecule has 0 unspecified atom stereocenters. The Hall–Kier alpha value is -1.62. The number of rotatable bonds is 18. The SMILES string of the molecule is CCCCCCOCCCc1ccc(OCCCCCCNN=N)cc1. The fraction of sp³-hybridized carbons (Fsp3) is 0.714. The summed E-state index contributed by atoms with van der Waals surface area (Å²) < 4.78 is 11.5. The number of hydrogen-bond donors (Lipinski definition) is 2. The summed E-state index contributed by atoms with van der Waals surface area (Å²) in [6.07, 6.45) is 11.6. The van der Waals surface area contributed by atoms with Crippen molar-refractivity contribution in [2.45, 2.75) is 71.1 Å². The number of hydrogen-bond acceptors (Lipinski definition) is 4. The van der Waals surface area contributed by atoms with Crippen LogP contribution >= 0.6 is 0 Å². The first-order valence-electron chi connectivity index (χ1n) is 10.3. The van der Waals surface area contributed by atoms with Gasteiger partial charge in [-0.25, -0.2) is 0 Å². The minimum atomic E-state index is 0.765. The van der Waals surface area contributed by atoms with Crippen LogP contribution in [0.25, 0.3) is 0 Å². The van der Waals surface area contributed by atoms with Crippen molar-refractivity contribution in [3.8, 4) is 5.75 Å². The Morgan fingerprint density at radius 1 is 0.846 bits per heavy atom. The highest BCUT2D eigenvalue weighted by molar-refractivity contribution is 5.27. The van der Waals surface area contributed by atoms with E-state index in [1.165, 1.54) is 31.2 Å². The third-order valence-corrected chi connectivity index (χ3v) is 4.35. The van der Waals surface area contributed by atoms with Crippen molar-refractivity contribution in [3.05, 3.63) is 29.8 Å². The molecular formula is C21H37N3O2. The predicted molar refractivity (Wildman–Crippen MR) is 107 cm³/mol. The van der Waals surface area contributed by atoms with Crippen LogP contribution in [-0.2, 0) is 11.2 Å². The van der Waals surface area contributed by atoms with Crippen LogP contribution < -0.4 is 10.2 Å². The van der Waals surface area contributed by atoms with E-state index in [9.17, 15) is 0 Å². The van der Waals surface area contributed by atoms with Gasteiger partial charge in [-0.15, -0.1) is 0 Å². The molecule has 0 aliphatic carbocycles. The van der Waals surface area contributed by atoms with Crippen molar-refractivity contribution < 1.29 is 9.47 Å². The number of aryl methyl sites for hydroxylation is 1. The highest BCUT2D eigenvalue weighted by Crippen LogP contribution is 2.14. The molecule has 0 fully saturated rings. The standard InChI is InChI=1S/C21H37N3O2/c1-2-3-4-8-17-25-18-10-11-20-12-14-21(15-13-20)26-19-9-6-5-7-16-23-24-22/h12-15H,2-11,16-19H2,1H3,(H2,22,23). The molecular weight excluding hydrogens is 326 g/mol. The summed E-state index contributed by atoms with van der Waals surface area (Å²) in [5.41, 5.74) is 10.6. The smallest absolute Gasteiger partial charge is 0.119 e. The van der Waals surface area contributed by atoms with Gasteiger partial charge in [0.2, 0.25) is 0 Å². The molecule has 0 radical (unpaired) electrons. The van der Waals surface area contributed by atoms with Gasteiger partial charge in [0.15, 0.2) is 0 Å². The lowest BCUT2D eigenvalue weighted by molar-refractivity contribution is 0.128. The van der Waals surface area contributed by atoms with Gasteiger partial charge in [0.05, 0.1) is 6.61 Å². The van der Waals surface area contributed by atoms with E-state index in [-0.39, 0.29) is 0 Å². The normalized spacial score (nSPS) is 10.7. The third kappa shape index (κ3) is 12.7. The summed E-state index contributed by atoms with van der Waals surface area (Å²) in [7, 11) is 0. The topological polar surface area (TPSA) is 66.7 Å². The molecule has 26 heavy (non-hydrogen) atoms. The Balaban J connectivity index is 1.99. The van der Waals surface area contributed by atoms with Crippen LogP contribution in [0.2, 0.25) is 0 Å². The second-order valence-electron chi connectivity index (χ2n) is 6.70. The van der Waals surface area contributed by atoms with Gasteiger partial charge in [-0.3, -0.25) is 5.43 Å². The van der Waals surface area contributed by atoms with Crippen LogP contribution in [0.1, 0.15) is 70.3 Å². The van der Waals surface area contributed by atoms with Crippen molar-refractivity contribution in [2.75, 3.05) is 26.4 Å². The number of nitrogens with zero attached hydrogens (tertiary/aromatic N) is 1. The summed E-state index contributed by atoms with van der Waals surface area (Å²) >= 11 is 0. The summed E-state index contributed by atoms with van der Waals surface area (Å²) in [5, 5.41) is 3.13. The first-order valence-corrected chi connectivity index (χ1v) is 10.3. The summed E-state index contributed by atoms with van der Waals surface area (Å²) in [6, 6.07) is 8.46. The average molecular weight is 364 g/mol. The molecule has 1 aromatic rings. The lowest BCUT2D eigenvalue weighted by Gasteiger charge is -2.08. The van der Waals surface area contributed by atoms with Crippen LogP contribution in [0.15, 0.2) is 29.5 Å². The van der Waals surface area contributed by atoms with Crippen LogP contribution in [0.4, 0.5) is 0 Å². The maximum Gasteiger partial charge on any atom is 0.119 e. The molecule has 0 amide bonds. The Morgan fingerprint density at radius 2 is 1.54 bits per heavy atom. The van der Waals surface area contributed by atoms with Gasteiger partial charge in [0.1, 0.15) is 5.75 Å². The molecule has 0 spiro atoms. The zero-order valence-electron chi connectivity index (χ0n) is 16.5. The summed E-state index contributed by atoms with van der Waals surface area (Å²) in [6.45, 7) is 5.55. The maximum atomic E-state index is 6.63. The monoisotopic (exact) mass is 363 g/mol. The highest BCUT2D eigenvalue weighted by Gasteiger charge is 1.98. The third-order valence-electron chi connectivity index (χ3n) is 4.35. The van der Waals surface area contributed by atoms with Crippen LogP contribution in [0.3, 0.4) is 0 Å². The molecule has 0 saturated heterocycles. The Kier molecular flexibility index (Phi) is 14.5. The van der Waals surface area contributed by atoms with Crippen LogP contribution in [-0.4, -0.2) is 26.4 Å². The van der Waals surface area contributed by atoms with Crippen molar-refractivity contribution >= 4 is 0 Å². The molecule has 0 atom stereocenters. The van der Waals surface area contributed by atoms with Gasteiger partial charge in [-0.05, 0) is 49.8 Å². The fourth-order valence-electron chi connectivity index (χ4n) is 2.77. The van der Waals surface area contributed by atoms with Crippen molar-refractivity contribution in [1.82, 2.24) is 5.43 Å². The van der Waals surface area contributed by atoms with Gasteiger partial charge >= 0.3 is 0 Å². The van der Waals surface area contributed by atoms with Crippen LogP contribution in [0.5, 0.6) is 5.75 Å². The van der Waals surface area contributed by atoms with E-state index in [1.54, 1.807) is 0 Å². The van der Waals surface area contributed by atoms with Gasteiger partial charge in [-0.1, -0.05) is 56.4 Å². The first kappa shape index (κ1) is 22.4. The van der Waals surface area contributed by atoms with E-state index in [0.717, 1.165) is 70.6 Å². The number of benzene rings is 1. The van der Waals surface area contributed by atoms with Gasteiger partial charge in [0, 0.05) is 19.8 Å². The van der Waals surface area contributed by atoms with Gasteiger partial charge < -0.3 is 9.47 Å². The minimum Gasteiger partial charge on any atom is -0.494 e. The quantitative estimate of drug-likeness (QED) is 0.200. The van der Waals surface area contributed by atoms with Crippen molar-refractivity contribution in [3.63, 3.8) is 0 Å². The van der Waals surface area contributed by atoms with Crippen molar-refractivity contribution in [2.24, 2.45) is 5.22 Å². The Bertz CT molecular complexity index is 437. The molecule has 5 heteroatoms. The zero-order valence-corrected chi connectivity index (χ0v) is 16.5. The summed E-state index contributed by atoms with van der Waals surface area (Å²) in [5.74, 6) is 0.954. The molecule has 148 valence electrons. The molecule has 0 aliphatic rings. The second kappa shape index (κ2) is 16.8. The lowest BCUT2D eigenvalue weighted by atomic mass is 10.1. The zero-order chi connectivity index (χ0) is 18.7. The highest BCUT2D eigenvalue weighted by atomic mass is 16.5. The lowest BCUT2D eigenvalue weighted by Crippen LogP contribution is -2.05. The minimum absolute atomic E-state index is 0.765. The molecule has 1 aromatic carbocycles. The van der Waals surface area contributed by atoms with Crippen LogP contribution in [0, 0.1) is 5.53 Å². The van der Waals surface area contributed by atoms with Crippen molar-refractivity contribution in [1.29, 1.82) is 5.53 Å². The Morgan fingerprint density at radius 3 is 2.31 bits per heavy atom. The number of ether oxygens (including phenoxy) is 2. The molecule has 2 N–H and O–H groups in total. The maximum absolute atomic E-state index is 6.63. The molecule has 0 heterocycles. The molecule has 1 rings (SSSR count). The average Bonchev–Trinajstić information content (AvgIpc) is 2.67. The van der Waals surface area contributed by atoms with E-state index in [4.69, 9.17) is 15.0 Å². The number of unbranched alkanes of at least 4 members (excludes halogenated alkanes) is 6. The molecule has 5 nitrogen and oxygen atoms in total. The summed E-state index contributed by atoms with van der Waals surface area (Å²) in [4.78, 5) is 0. The second-order valence-corrected chi connectivity index (χ2v) is 6.70. The van der Waals surface area contributed by atoms with E-state index >= 15 is 0 Å². The fourth-order valence-corrected chi connectivity index (χ4v) is 2.77. The first-order chi connectivity index (χ1) is 12.9. The predicted octanol–water partition coefficient (Wildman–Crippen LogP) is 5.69. The van der Waals surface area contributed by atoms with Gasteiger partial charge in [-0.2, -0.15) is 5.53 Å². The van der Waals surface area contributed by atoms with E-state index in [2.05, 4.69) is 41.8 Å². The number of nitrogens with one attached hydrogen (secondary N) is 2. The molecule has 0 aliphatic heterocycles. The van der Waals surface area contributed by atoms with E-state index in [1.807, 2.05) is 0 Å². The van der Waals surface area contributed by atoms with E-state index in [0.29, 0.717) is 0 Å². The molecule has 0 saturated carbocycles.